The minimum Gasteiger partial charge on any atom is -0.465 e. The van der Waals surface area contributed by atoms with E-state index in [1.54, 1.807) is 0 Å². The van der Waals surface area contributed by atoms with Crippen LogP contribution in [0.3, 0.4) is 0 Å². The molecule has 96 valence electrons. The number of aryl methyl sites for hydroxylation is 1. The molecule has 0 saturated heterocycles. The highest BCUT2D eigenvalue weighted by Crippen LogP contribution is 2.25. The molecule has 3 heteroatoms. The molecule has 2 atom stereocenters. The molecule has 18 heavy (non-hydrogen) atoms. The smallest absolute Gasteiger partial charge is 0.120 e. The summed E-state index contributed by atoms with van der Waals surface area (Å²) >= 11 is 3.58. The van der Waals surface area contributed by atoms with Crippen molar-refractivity contribution < 1.29 is 4.42 Å². The molecule has 0 aliphatic carbocycles. The van der Waals surface area contributed by atoms with Gasteiger partial charge in [0.15, 0.2) is 0 Å². The Hall–Kier alpha value is -1.06. The number of benzene rings is 1. The first-order chi connectivity index (χ1) is 8.58. The van der Waals surface area contributed by atoms with E-state index >= 15 is 0 Å². The minimum atomic E-state index is 0.195. The van der Waals surface area contributed by atoms with E-state index in [0.717, 1.165) is 16.0 Å². The van der Waals surface area contributed by atoms with Gasteiger partial charge < -0.3 is 9.73 Å². The molecule has 1 N–H and O–H groups in total. The van der Waals surface area contributed by atoms with Crippen molar-refractivity contribution in [3.63, 3.8) is 0 Å². The van der Waals surface area contributed by atoms with Crippen LogP contribution in [0.1, 0.15) is 43.0 Å². The Labute approximate surface area is 117 Å². The lowest BCUT2D eigenvalue weighted by Crippen LogP contribution is -2.22. The molecule has 2 aromatic rings. The molecule has 0 aliphatic rings. The van der Waals surface area contributed by atoms with Crippen LogP contribution >= 0.6 is 15.9 Å². The first-order valence-electron chi connectivity index (χ1n) is 6.14. The topological polar surface area (TPSA) is 25.2 Å². The third-order valence-corrected chi connectivity index (χ3v) is 3.78. The van der Waals surface area contributed by atoms with Gasteiger partial charge in [0.2, 0.25) is 0 Å². The molecule has 2 rings (SSSR count). The average Bonchev–Trinajstić information content (AvgIpc) is 2.76. The second-order valence-corrected chi connectivity index (χ2v) is 5.43. The zero-order valence-electron chi connectivity index (χ0n) is 10.9. The number of nitrogens with one attached hydrogen (secondary N) is 1. The second kappa shape index (κ2) is 5.72. The Kier molecular flexibility index (Phi) is 4.25. The van der Waals surface area contributed by atoms with E-state index in [1.165, 1.54) is 5.56 Å². The molecule has 0 radical (unpaired) electrons. The number of hydrogen-bond donors (Lipinski definition) is 1. The zero-order chi connectivity index (χ0) is 13.1. The maximum Gasteiger partial charge on any atom is 0.120 e. The highest BCUT2D eigenvalue weighted by atomic mass is 79.9. The molecule has 1 heterocycles. The average molecular weight is 308 g/mol. The lowest BCUT2D eigenvalue weighted by molar-refractivity contribution is 0.392. The van der Waals surface area contributed by atoms with Crippen molar-refractivity contribution in [2.45, 2.75) is 32.9 Å². The largest absolute Gasteiger partial charge is 0.465 e. The van der Waals surface area contributed by atoms with Crippen molar-refractivity contribution in [3.05, 3.63) is 58.0 Å². The van der Waals surface area contributed by atoms with Gasteiger partial charge in [-0.25, -0.2) is 0 Å². The van der Waals surface area contributed by atoms with Gasteiger partial charge in [-0.05, 0) is 44.5 Å². The fourth-order valence-corrected chi connectivity index (χ4v) is 2.69. The molecule has 0 spiro atoms. The SMILES string of the molecule is Cc1ccc(C(C)N[C@@H](C)c2ccccc2Br)o1. The van der Waals surface area contributed by atoms with Gasteiger partial charge >= 0.3 is 0 Å². The van der Waals surface area contributed by atoms with Crippen molar-refractivity contribution in [2.75, 3.05) is 0 Å². The minimum absolute atomic E-state index is 0.195. The second-order valence-electron chi connectivity index (χ2n) is 4.58. The van der Waals surface area contributed by atoms with E-state index < -0.39 is 0 Å². The van der Waals surface area contributed by atoms with Crippen molar-refractivity contribution >= 4 is 15.9 Å². The van der Waals surface area contributed by atoms with Crippen LogP contribution in [0.5, 0.6) is 0 Å². The molecular weight excluding hydrogens is 290 g/mol. The van der Waals surface area contributed by atoms with Gasteiger partial charge in [-0.3, -0.25) is 0 Å². The van der Waals surface area contributed by atoms with Gasteiger partial charge in [0.25, 0.3) is 0 Å². The highest BCUT2D eigenvalue weighted by Gasteiger charge is 2.15. The summed E-state index contributed by atoms with van der Waals surface area (Å²) in [7, 11) is 0. The first-order valence-corrected chi connectivity index (χ1v) is 6.94. The summed E-state index contributed by atoms with van der Waals surface area (Å²) in [5, 5.41) is 3.54. The molecule has 0 saturated carbocycles. The summed E-state index contributed by atoms with van der Waals surface area (Å²) in [6.45, 7) is 6.24. The van der Waals surface area contributed by atoms with Crippen molar-refractivity contribution in [2.24, 2.45) is 0 Å². The molecule has 0 amide bonds. The van der Waals surface area contributed by atoms with Crippen LogP contribution in [0.25, 0.3) is 0 Å². The quantitative estimate of drug-likeness (QED) is 0.880. The van der Waals surface area contributed by atoms with Crippen molar-refractivity contribution in [1.82, 2.24) is 5.32 Å². The van der Waals surface area contributed by atoms with Crippen LogP contribution in [-0.2, 0) is 0 Å². The van der Waals surface area contributed by atoms with E-state index in [-0.39, 0.29) is 12.1 Å². The van der Waals surface area contributed by atoms with Gasteiger partial charge in [0.05, 0.1) is 6.04 Å². The van der Waals surface area contributed by atoms with Crippen LogP contribution in [0.4, 0.5) is 0 Å². The van der Waals surface area contributed by atoms with E-state index in [4.69, 9.17) is 4.42 Å². The summed E-state index contributed by atoms with van der Waals surface area (Å²) in [6, 6.07) is 12.8. The molecule has 1 aromatic carbocycles. The third-order valence-electron chi connectivity index (χ3n) is 3.06. The summed E-state index contributed by atoms with van der Waals surface area (Å²) in [4.78, 5) is 0. The van der Waals surface area contributed by atoms with E-state index in [9.17, 15) is 0 Å². The Morgan fingerprint density at radius 2 is 1.78 bits per heavy atom. The Morgan fingerprint density at radius 1 is 1.06 bits per heavy atom. The third kappa shape index (κ3) is 3.03. The Morgan fingerprint density at radius 3 is 2.39 bits per heavy atom. The zero-order valence-corrected chi connectivity index (χ0v) is 12.5. The maximum absolute atomic E-state index is 5.64. The van der Waals surface area contributed by atoms with Crippen molar-refractivity contribution in [1.29, 1.82) is 0 Å². The van der Waals surface area contributed by atoms with Gasteiger partial charge in [-0.2, -0.15) is 0 Å². The van der Waals surface area contributed by atoms with E-state index in [0.29, 0.717) is 0 Å². The number of furan rings is 1. The molecule has 0 bridgehead atoms. The molecule has 1 unspecified atom stereocenters. The lowest BCUT2D eigenvalue weighted by Gasteiger charge is -2.20. The maximum atomic E-state index is 5.64. The van der Waals surface area contributed by atoms with Gasteiger partial charge in [0.1, 0.15) is 11.5 Å². The molecule has 1 aromatic heterocycles. The van der Waals surface area contributed by atoms with Crippen LogP contribution in [0.2, 0.25) is 0 Å². The van der Waals surface area contributed by atoms with Crippen LogP contribution < -0.4 is 5.32 Å². The lowest BCUT2D eigenvalue weighted by atomic mass is 10.1. The predicted molar refractivity (Wildman–Crippen MR) is 77.6 cm³/mol. The molecule has 2 nitrogen and oxygen atoms in total. The van der Waals surface area contributed by atoms with Crippen LogP contribution in [0.15, 0.2) is 45.3 Å². The monoisotopic (exact) mass is 307 g/mol. The fraction of sp³-hybridized carbons (Fsp3) is 0.333. The predicted octanol–water partition coefficient (Wildman–Crippen LogP) is 4.76. The first kappa shape index (κ1) is 13.4. The highest BCUT2D eigenvalue weighted by molar-refractivity contribution is 9.10. The van der Waals surface area contributed by atoms with E-state index in [1.807, 2.05) is 25.1 Å². The van der Waals surface area contributed by atoms with Crippen LogP contribution in [-0.4, -0.2) is 0 Å². The normalized spacial score (nSPS) is 14.4. The summed E-state index contributed by atoms with van der Waals surface area (Å²) in [5.41, 5.74) is 1.26. The fourth-order valence-electron chi connectivity index (χ4n) is 2.06. The number of hydrogen-bond acceptors (Lipinski definition) is 2. The molecule has 0 fully saturated rings. The summed E-state index contributed by atoms with van der Waals surface area (Å²) < 4.78 is 6.77. The summed E-state index contributed by atoms with van der Waals surface area (Å²) in [6.07, 6.45) is 0. The number of rotatable bonds is 4. The molecular formula is C15H18BrNO. The van der Waals surface area contributed by atoms with Crippen molar-refractivity contribution in [3.8, 4) is 0 Å². The van der Waals surface area contributed by atoms with Crippen LogP contribution in [0, 0.1) is 6.92 Å². The molecule has 0 aliphatic heterocycles. The standard InChI is InChI=1S/C15H18BrNO/c1-10-8-9-15(18-10)12(3)17-11(2)13-6-4-5-7-14(13)16/h4-9,11-12,17H,1-3H3/t11-,12?/m0/s1. The Bertz CT molecular complexity index is 521. The Balaban J connectivity index is 2.08. The van der Waals surface area contributed by atoms with Gasteiger partial charge in [0, 0.05) is 10.5 Å². The van der Waals surface area contributed by atoms with Gasteiger partial charge in [-0.1, -0.05) is 34.1 Å². The van der Waals surface area contributed by atoms with Gasteiger partial charge in [-0.15, -0.1) is 0 Å². The van der Waals surface area contributed by atoms with E-state index in [2.05, 4.69) is 53.3 Å². The number of halogens is 1. The summed E-state index contributed by atoms with van der Waals surface area (Å²) in [5.74, 6) is 1.93.